The molecule has 0 atom stereocenters. The van der Waals surface area contributed by atoms with Crippen LogP contribution in [0.2, 0.25) is 0 Å². The smallest absolute Gasteiger partial charge is 0.185 e. The molecule has 4 nitrogen and oxygen atoms in total. The van der Waals surface area contributed by atoms with E-state index in [2.05, 4.69) is 36.1 Å². The number of ketones is 1. The first kappa shape index (κ1) is 16.2. The van der Waals surface area contributed by atoms with Crippen molar-refractivity contribution in [2.75, 3.05) is 13.1 Å². The van der Waals surface area contributed by atoms with E-state index in [0.717, 1.165) is 55.5 Å². The number of carbonyl (C=O) groups is 1. The molecule has 2 N–H and O–H groups in total. The van der Waals surface area contributed by atoms with Gasteiger partial charge in [-0.2, -0.15) is 0 Å². The lowest BCUT2D eigenvalue weighted by Gasteiger charge is -2.37. The first-order valence-corrected chi connectivity index (χ1v) is 8.59. The van der Waals surface area contributed by atoms with Crippen LogP contribution in [-0.4, -0.2) is 28.8 Å². The molecule has 124 valence electrons. The highest BCUT2D eigenvalue weighted by Crippen LogP contribution is 2.40. The summed E-state index contributed by atoms with van der Waals surface area (Å²) < 4.78 is 0. The van der Waals surface area contributed by atoms with Crippen LogP contribution in [0, 0.1) is 10.8 Å². The van der Waals surface area contributed by atoms with Crippen molar-refractivity contribution in [3.8, 4) is 0 Å². The van der Waals surface area contributed by atoms with Crippen LogP contribution < -0.4 is 5.32 Å². The lowest BCUT2D eigenvalue weighted by Crippen LogP contribution is -2.43. The van der Waals surface area contributed by atoms with E-state index in [9.17, 15) is 4.79 Å². The minimum atomic E-state index is -0.237. The number of nitrogens with zero attached hydrogens (tertiary/aromatic N) is 1. The number of Topliss-reactive ketones (excluding diaryl/α,β-unsaturated/α-hetero) is 1. The fourth-order valence-electron chi connectivity index (χ4n) is 3.47. The van der Waals surface area contributed by atoms with Gasteiger partial charge in [0.25, 0.3) is 0 Å². The molecule has 1 fully saturated rings. The zero-order valence-electron chi connectivity index (χ0n) is 14.4. The Morgan fingerprint density at radius 1 is 1.30 bits per heavy atom. The van der Waals surface area contributed by atoms with E-state index in [-0.39, 0.29) is 16.6 Å². The maximum absolute atomic E-state index is 13.3. The summed E-state index contributed by atoms with van der Waals surface area (Å²) in [7, 11) is 0. The molecule has 0 aliphatic carbocycles. The summed E-state index contributed by atoms with van der Waals surface area (Å²) in [5, 5.41) is 3.39. The summed E-state index contributed by atoms with van der Waals surface area (Å²) in [4.78, 5) is 20.9. The predicted octanol–water partition coefficient (Wildman–Crippen LogP) is 3.94. The van der Waals surface area contributed by atoms with Crippen LogP contribution in [-0.2, 0) is 0 Å². The van der Waals surface area contributed by atoms with Gasteiger partial charge < -0.3 is 10.3 Å². The number of aromatic amines is 1. The molecule has 3 rings (SSSR count). The number of rotatable bonds is 4. The number of hydrogen-bond donors (Lipinski definition) is 2. The van der Waals surface area contributed by atoms with Gasteiger partial charge in [0.05, 0.1) is 16.7 Å². The fourth-order valence-corrected chi connectivity index (χ4v) is 3.47. The lowest BCUT2D eigenvalue weighted by molar-refractivity contribution is 0.0672. The molecule has 0 saturated carbocycles. The highest BCUT2D eigenvalue weighted by atomic mass is 16.1. The normalized spacial score (nSPS) is 18.2. The average Bonchev–Trinajstić information content (AvgIpc) is 2.96. The summed E-state index contributed by atoms with van der Waals surface area (Å²) in [5.41, 5.74) is 2.54. The van der Waals surface area contributed by atoms with E-state index < -0.39 is 0 Å². The Hall–Kier alpha value is -1.68. The second kappa shape index (κ2) is 6.08. The van der Waals surface area contributed by atoms with Crippen LogP contribution in [0.25, 0.3) is 11.0 Å². The molecule has 0 amide bonds. The van der Waals surface area contributed by atoms with Crippen molar-refractivity contribution in [3.63, 3.8) is 0 Å². The Bertz CT molecular complexity index is 657. The van der Waals surface area contributed by atoms with Gasteiger partial charge in [-0.05, 0) is 62.4 Å². The standard InChI is InChI=1S/C19H27N3O/c1-18(2,3)6-7-19(8-11-20-12-9-19)17(23)16-13-15-14(22-16)5-4-10-21-15/h4-5,10,13,20,22H,6-9,11-12H2,1-3H3. The predicted molar refractivity (Wildman–Crippen MR) is 93.6 cm³/mol. The quantitative estimate of drug-likeness (QED) is 0.841. The van der Waals surface area contributed by atoms with E-state index >= 15 is 0 Å². The summed E-state index contributed by atoms with van der Waals surface area (Å²) in [6.45, 7) is 8.60. The summed E-state index contributed by atoms with van der Waals surface area (Å²) >= 11 is 0. The molecule has 3 heterocycles. The topological polar surface area (TPSA) is 57.8 Å². The van der Waals surface area contributed by atoms with Gasteiger partial charge in [0.15, 0.2) is 5.78 Å². The second-order valence-corrected chi connectivity index (χ2v) is 8.04. The third-order valence-corrected chi connectivity index (χ3v) is 5.03. The number of H-pyrrole nitrogens is 1. The molecule has 0 spiro atoms. The third-order valence-electron chi connectivity index (χ3n) is 5.03. The number of piperidine rings is 1. The van der Waals surface area contributed by atoms with Crippen molar-refractivity contribution in [1.82, 2.24) is 15.3 Å². The highest BCUT2D eigenvalue weighted by Gasteiger charge is 2.40. The van der Waals surface area contributed by atoms with Crippen molar-refractivity contribution in [1.29, 1.82) is 0 Å². The van der Waals surface area contributed by atoms with Gasteiger partial charge in [-0.1, -0.05) is 20.8 Å². The third kappa shape index (κ3) is 3.47. The van der Waals surface area contributed by atoms with Crippen LogP contribution in [0.1, 0.15) is 56.9 Å². The summed E-state index contributed by atoms with van der Waals surface area (Å²) in [5.74, 6) is 0.265. The van der Waals surface area contributed by atoms with Crippen LogP contribution >= 0.6 is 0 Å². The summed E-state index contributed by atoms with van der Waals surface area (Å²) in [6.07, 6.45) is 5.64. The molecule has 0 unspecified atom stereocenters. The van der Waals surface area contributed by atoms with E-state index in [0.29, 0.717) is 0 Å². The fraction of sp³-hybridized carbons (Fsp3) is 0.579. The number of nitrogens with one attached hydrogen (secondary N) is 2. The number of fused-ring (bicyclic) bond motifs is 1. The van der Waals surface area contributed by atoms with Crippen molar-refractivity contribution >= 4 is 16.8 Å². The molecule has 1 aliphatic rings. The maximum atomic E-state index is 13.3. The molecular formula is C19H27N3O. The van der Waals surface area contributed by atoms with Gasteiger partial charge in [-0.15, -0.1) is 0 Å². The zero-order valence-corrected chi connectivity index (χ0v) is 14.4. The Morgan fingerprint density at radius 3 is 2.70 bits per heavy atom. The van der Waals surface area contributed by atoms with Gasteiger partial charge in [-0.25, -0.2) is 0 Å². The van der Waals surface area contributed by atoms with Gasteiger partial charge in [0.1, 0.15) is 0 Å². The Labute approximate surface area is 138 Å². The Kier molecular flexibility index (Phi) is 4.28. The van der Waals surface area contributed by atoms with Crippen LogP contribution in [0.3, 0.4) is 0 Å². The lowest BCUT2D eigenvalue weighted by atomic mass is 9.68. The van der Waals surface area contributed by atoms with Crippen molar-refractivity contribution in [2.24, 2.45) is 10.8 Å². The molecule has 0 radical (unpaired) electrons. The average molecular weight is 313 g/mol. The maximum Gasteiger partial charge on any atom is 0.185 e. The molecule has 4 heteroatoms. The highest BCUT2D eigenvalue weighted by molar-refractivity contribution is 6.02. The first-order valence-electron chi connectivity index (χ1n) is 8.59. The van der Waals surface area contributed by atoms with E-state index in [1.54, 1.807) is 6.20 Å². The number of hydrogen-bond acceptors (Lipinski definition) is 3. The van der Waals surface area contributed by atoms with Crippen molar-refractivity contribution in [2.45, 2.75) is 46.5 Å². The minimum absolute atomic E-state index is 0.237. The van der Waals surface area contributed by atoms with E-state index in [1.807, 2.05) is 18.2 Å². The molecule has 1 aliphatic heterocycles. The van der Waals surface area contributed by atoms with Gasteiger partial charge in [0.2, 0.25) is 0 Å². The Balaban J connectivity index is 1.90. The van der Waals surface area contributed by atoms with Gasteiger partial charge >= 0.3 is 0 Å². The number of pyridine rings is 1. The molecule has 0 aromatic carbocycles. The molecule has 2 aromatic heterocycles. The molecular weight excluding hydrogens is 286 g/mol. The minimum Gasteiger partial charge on any atom is -0.351 e. The van der Waals surface area contributed by atoms with Crippen LogP contribution in [0.5, 0.6) is 0 Å². The van der Waals surface area contributed by atoms with Crippen LogP contribution in [0.4, 0.5) is 0 Å². The second-order valence-electron chi connectivity index (χ2n) is 8.04. The number of carbonyl (C=O) groups excluding carboxylic acids is 1. The number of aromatic nitrogens is 2. The van der Waals surface area contributed by atoms with Gasteiger partial charge in [-0.3, -0.25) is 9.78 Å². The zero-order chi connectivity index (χ0) is 16.5. The van der Waals surface area contributed by atoms with Crippen molar-refractivity contribution < 1.29 is 4.79 Å². The molecule has 23 heavy (non-hydrogen) atoms. The Morgan fingerprint density at radius 2 is 2.04 bits per heavy atom. The molecule has 1 saturated heterocycles. The largest absolute Gasteiger partial charge is 0.351 e. The SMILES string of the molecule is CC(C)(C)CCC1(C(=O)c2cc3ncccc3[nH]2)CCNCC1. The van der Waals surface area contributed by atoms with Crippen molar-refractivity contribution in [3.05, 3.63) is 30.1 Å². The molecule has 0 bridgehead atoms. The van der Waals surface area contributed by atoms with E-state index in [1.165, 1.54) is 0 Å². The monoisotopic (exact) mass is 313 g/mol. The summed E-state index contributed by atoms with van der Waals surface area (Å²) in [6, 6.07) is 5.79. The van der Waals surface area contributed by atoms with E-state index in [4.69, 9.17) is 0 Å². The van der Waals surface area contributed by atoms with Gasteiger partial charge in [0, 0.05) is 11.6 Å². The molecule has 2 aromatic rings. The van der Waals surface area contributed by atoms with Crippen LogP contribution in [0.15, 0.2) is 24.4 Å². The first-order chi connectivity index (χ1) is 10.9.